The number of benzene rings is 6. The lowest BCUT2D eigenvalue weighted by Crippen LogP contribution is -2.24. The summed E-state index contributed by atoms with van der Waals surface area (Å²) in [6.07, 6.45) is 0. The van der Waals surface area contributed by atoms with E-state index in [4.69, 9.17) is 4.74 Å². The van der Waals surface area contributed by atoms with Gasteiger partial charge in [-0.2, -0.15) is 0 Å². The minimum atomic E-state index is -0.155. The highest BCUT2D eigenvalue weighted by Crippen LogP contribution is 2.49. The molecule has 8 rings (SSSR count). The average Bonchev–Trinajstić information content (AvgIpc) is 3.32. The lowest BCUT2D eigenvalue weighted by Gasteiger charge is -2.34. The van der Waals surface area contributed by atoms with Crippen LogP contribution in [0.1, 0.15) is 25.0 Å². The lowest BCUT2D eigenvalue weighted by molar-refractivity contribution is 0.418. The van der Waals surface area contributed by atoms with Gasteiger partial charge in [-0.3, -0.25) is 0 Å². The first-order valence-corrected chi connectivity index (χ1v) is 13.5. The number of ether oxygens (including phenoxy) is 1. The van der Waals surface area contributed by atoms with Crippen molar-refractivity contribution in [3.05, 3.63) is 139 Å². The quantitative estimate of drug-likeness (QED) is 0.230. The predicted molar refractivity (Wildman–Crippen MR) is 162 cm³/mol. The molecule has 1 aliphatic heterocycles. The largest absolute Gasteiger partial charge is 0.457 e. The molecule has 0 bridgehead atoms. The number of aromatic nitrogens is 1. The third kappa shape index (κ3) is 3.15. The summed E-state index contributed by atoms with van der Waals surface area (Å²) in [4.78, 5) is 0. The summed E-state index contributed by atoms with van der Waals surface area (Å²) in [6.45, 7) is 4.59. The zero-order valence-corrected chi connectivity index (χ0v) is 22.0. The van der Waals surface area contributed by atoms with Gasteiger partial charge in [0.15, 0.2) is 0 Å². The molecule has 1 aromatic heterocycles. The Kier molecular flexibility index (Phi) is 4.60. The molecule has 0 radical (unpaired) electrons. The van der Waals surface area contributed by atoms with E-state index in [9.17, 15) is 0 Å². The van der Waals surface area contributed by atoms with Gasteiger partial charge in [-0.15, -0.1) is 0 Å². The van der Waals surface area contributed by atoms with Crippen molar-refractivity contribution in [1.82, 2.24) is 4.57 Å². The summed E-state index contributed by atoms with van der Waals surface area (Å²) in [7, 11) is 0. The molecule has 0 aliphatic carbocycles. The van der Waals surface area contributed by atoms with Gasteiger partial charge in [0, 0.05) is 38.4 Å². The Balaban J connectivity index is 1.39. The molecule has 0 saturated carbocycles. The van der Waals surface area contributed by atoms with E-state index in [1.807, 2.05) is 6.07 Å². The molecule has 2 heteroatoms. The van der Waals surface area contributed by atoms with E-state index in [0.29, 0.717) is 0 Å². The van der Waals surface area contributed by atoms with Crippen LogP contribution in [0.2, 0.25) is 0 Å². The van der Waals surface area contributed by atoms with Crippen molar-refractivity contribution in [1.29, 1.82) is 0 Å². The van der Waals surface area contributed by atoms with E-state index in [-0.39, 0.29) is 5.41 Å². The van der Waals surface area contributed by atoms with Gasteiger partial charge in [0.1, 0.15) is 11.5 Å². The van der Waals surface area contributed by atoms with Crippen LogP contribution in [-0.4, -0.2) is 4.57 Å². The monoisotopic (exact) mass is 501 g/mol. The number of nitrogens with zero attached hydrogens (tertiary/aromatic N) is 1. The van der Waals surface area contributed by atoms with Crippen molar-refractivity contribution >= 4 is 32.6 Å². The SMILES string of the molecule is CC1(C)c2ccccc2Oc2ccc(-c3cccc4c3ccc3c5ccccc5n(-c5ccccc5)c43)cc21. The zero-order valence-electron chi connectivity index (χ0n) is 22.0. The molecular weight excluding hydrogens is 474 g/mol. The molecule has 2 heterocycles. The first kappa shape index (κ1) is 22.2. The first-order valence-electron chi connectivity index (χ1n) is 13.5. The molecule has 2 nitrogen and oxygen atoms in total. The first-order chi connectivity index (χ1) is 19.1. The minimum absolute atomic E-state index is 0.155. The Morgan fingerprint density at radius 1 is 0.538 bits per heavy atom. The fourth-order valence-electron chi connectivity index (χ4n) is 6.52. The van der Waals surface area contributed by atoms with Crippen molar-refractivity contribution < 1.29 is 4.74 Å². The highest BCUT2D eigenvalue weighted by atomic mass is 16.5. The highest BCUT2D eigenvalue weighted by Gasteiger charge is 2.34. The molecule has 39 heavy (non-hydrogen) atoms. The van der Waals surface area contributed by atoms with Crippen molar-refractivity contribution in [3.63, 3.8) is 0 Å². The van der Waals surface area contributed by atoms with Crippen LogP contribution in [0.5, 0.6) is 11.5 Å². The Bertz CT molecular complexity index is 2060. The number of rotatable bonds is 2. The fourth-order valence-corrected chi connectivity index (χ4v) is 6.52. The van der Waals surface area contributed by atoms with Gasteiger partial charge >= 0.3 is 0 Å². The van der Waals surface area contributed by atoms with E-state index >= 15 is 0 Å². The molecule has 0 N–H and O–H groups in total. The maximum absolute atomic E-state index is 6.34. The molecule has 1 aliphatic rings. The van der Waals surface area contributed by atoms with E-state index in [1.165, 1.54) is 60.5 Å². The second-order valence-electron chi connectivity index (χ2n) is 11.0. The second-order valence-corrected chi connectivity index (χ2v) is 11.0. The predicted octanol–water partition coefficient (Wildman–Crippen LogP) is 10.0. The number of fused-ring (bicyclic) bond motifs is 7. The third-order valence-electron chi connectivity index (χ3n) is 8.45. The summed E-state index contributed by atoms with van der Waals surface area (Å²) >= 11 is 0. The van der Waals surface area contributed by atoms with Gasteiger partial charge in [0.25, 0.3) is 0 Å². The molecule has 0 saturated heterocycles. The van der Waals surface area contributed by atoms with Crippen LogP contribution in [0.4, 0.5) is 0 Å². The van der Waals surface area contributed by atoms with Gasteiger partial charge < -0.3 is 9.30 Å². The Morgan fingerprint density at radius 2 is 1.23 bits per heavy atom. The summed E-state index contributed by atoms with van der Waals surface area (Å²) < 4.78 is 8.76. The number of hydrogen-bond donors (Lipinski definition) is 0. The maximum Gasteiger partial charge on any atom is 0.131 e. The summed E-state index contributed by atoms with van der Waals surface area (Å²) in [5, 5.41) is 5.05. The third-order valence-corrected chi connectivity index (χ3v) is 8.45. The van der Waals surface area contributed by atoms with E-state index in [1.54, 1.807) is 0 Å². The molecule has 186 valence electrons. The molecule has 0 spiro atoms. The topological polar surface area (TPSA) is 14.2 Å². The Labute approximate surface area is 227 Å². The van der Waals surface area contributed by atoms with Gasteiger partial charge in [0.2, 0.25) is 0 Å². The number of para-hydroxylation sites is 3. The van der Waals surface area contributed by atoms with E-state index in [2.05, 4.69) is 140 Å². The molecule has 0 atom stereocenters. The van der Waals surface area contributed by atoms with Crippen molar-refractivity contribution in [2.45, 2.75) is 19.3 Å². The molecule has 6 aromatic carbocycles. The smallest absolute Gasteiger partial charge is 0.131 e. The van der Waals surface area contributed by atoms with Gasteiger partial charge in [-0.25, -0.2) is 0 Å². The summed E-state index contributed by atoms with van der Waals surface area (Å²) in [5.74, 6) is 1.89. The van der Waals surface area contributed by atoms with Crippen molar-refractivity contribution in [2.24, 2.45) is 0 Å². The van der Waals surface area contributed by atoms with Crippen LogP contribution in [0, 0.1) is 0 Å². The number of hydrogen-bond acceptors (Lipinski definition) is 1. The minimum Gasteiger partial charge on any atom is -0.457 e. The Hall–Kier alpha value is -4.82. The average molecular weight is 502 g/mol. The highest BCUT2D eigenvalue weighted by molar-refractivity contribution is 6.20. The van der Waals surface area contributed by atoms with Crippen LogP contribution in [0.15, 0.2) is 127 Å². The normalized spacial score (nSPS) is 13.8. The lowest BCUT2D eigenvalue weighted by atomic mass is 9.75. The van der Waals surface area contributed by atoms with Crippen LogP contribution < -0.4 is 4.74 Å². The standard InChI is InChI=1S/C37H27NO/c1-37(2)31-16-7-9-18-34(31)39-35-22-19-24(23-32(35)37)26-14-10-15-29-27(26)20-21-30-28-13-6-8-17-33(28)38(36(29)30)25-11-4-3-5-12-25/h3-23H,1-2H3. The van der Waals surface area contributed by atoms with Crippen molar-refractivity contribution in [2.75, 3.05) is 0 Å². The van der Waals surface area contributed by atoms with Gasteiger partial charge in [-0.05, 0) is 52.9 Å². The van der Waals surface area contributed by atoms with Crippen LogP contribution in [-0.2, 0) is 5.41 Å². The fraction of sp³-hybridized carbons (Fsp3) is 0.0811. The maximum atomic E-state index is 6.34. The summed E-state index contributed by atoms with van der Waals surface area (Å²) in [6, 6.07) is 45.8. The zero-order chi connectivity index (χ0) is 26.1. The van der Waals surface area contributed by atoms with E-state index < -0.39 is 0 Å². The van der Waals surface area contributed by atoms with Gasteiger partial charge in [-0.1, -0.05) is 105 Å². The summed E-state index contributed by atoms with van der Waals surface area (Å²) in [5.41, 5.74) is 8.37. The molecular formula is C37H27NO. The van der Waals surface area contributed by atoms with Crippen LogP contribution in [0.25, 0.3) is 49.4 Å². The molecule has 0 amide bonds. The molecule has 0 unspecified atom stereocenters. The van der Waals surface area contributed by atoms with Crippen LogP contribution >= 0.6 is 0 Å². The van der Waals surface area contributed by atoms with E-state index in [0.717, 1.165) is 11.5 Å². The Morgan fingerprint density at radius 3 is 2.13 bits per heavy atom. The van der Waals surface area contributed by atoms with Crippen LogP contribution in [0.3, 0.4) is 0 Å². The second kappa shape index (κ2) is 8.09. The van der Waals surface area contributed by atoms with Crippen molar-refractivity contribution in [3.8, 4) is 28.3 Å². The molecule has 0 fully saturated rings. The molecule has 7 aromatic rings. The van der Waals surface area contributed by atoms with Gasteiger partial charge in [0.05, 0.1) is 11.0 Å².